The van der Waals surface area contributed by atoms with Gasteiger partial charge in [-0.1, -0.05) is 0 Å². The van der Waals surface area contributed by atoms with Gasteiger partial charge in [0, 0.05) is 36.0 Å². The van der Waals surface area contributed by atoms with E-state index in [1.807, 2.05) is 11.3 Å². The fourth-order valence-electron chi connectivity index (χ4n) is 2.27. The maximum atomic E-state index is 4.94. The summed E-state index contributed by atoms with van der Waals surface area (Å²) >= 11 is 1.90. The zero-order chi connectivity index (χ0) is 13.6. The van der Waals surface area contributed by atoms with Gasteiger partial charge in [-0.3, -0.25) is 0 Å². The molecule has 1 aromatic heterocycles. The second-order valence-corrected chi connectivity index (χ2v) is 8.09. The lowest BCUT2D eigenvalue weighted by Crippen LogP contribution is -2.35. The third-order valence-electron chi connectivity index (χ3n) is 3.86. The highest BCUT2D eigenvalue weighted by atomic mass is 32.1. The van der Waals surface area contributed by atoms with E-state index in [1.165, 1.54) is 41.4 Å². The van der Waals surface area contributed by atoms with Gasteiger partial charge in [-0.15, -0.1) is 11.3 Å². The summed E-state index contributed by atoms with van der Waals surface area (Å²) in [5, 5.41) is 4.84. The molecule has 0 amide bonds. The van der Waals surface area contributed by atoms with Crippen LogP contribution >= 0.6 is 11.3 Å². The summed E-state index contributed by atoms with van der Waals surface area (Å²) in [5.74, 6) is 0.745. The second-order valence-electron chi connectivity index (χ2n) is 7.02. The van der Waals surface area contributed by atoms with Crippen molar-refractivity contribution >= 4 is 16.5 Å². The van der Waals surface area contributed by atoms with Gasteiger partial charge in [0.25, 0.3) is 0 Å². The Kier molecular flexibility index (Phi) is 3.34. The van der Waals surface area contributed by atoms with E-state index in [-0.39, 0.29) is 5.54 Å². The van der Waals surface area contributed by atoms with Crippen molar-refractivity contribution in [1.82, 2.24) is 10.3 Å². The number of rotatable bonds is 5. The molecule has 1 aromatic rings. The first-order valence-electron chi connectivity index (χ1n) is 7.41. The van der Waals surface area contributed by atoms with E-state index >= 15 is 0 Å². The van der Waals surface area contributed by atoms with Crippen LogP contribution in [0.3, 0.4) is 0 Å². The van der Waals surface area contributed by atoms with E-state index in [1.54, 1.807) is 0 Å². The minimum absolute atomic E-state index is 0.174. The molecule has 3 rings (SSSR count). The van der Waals surface area contributed by atoms with E-state index in [0.717, 1.165) is 18.5 Å². The van der Waals surface area contributed by atoms with Crippen molar-refractivity contribution in [2.75, 3.05) is 11.9 Å². The van der Waals surface area contributed by atoms with Crippen LogP contribution in [0.5, 0.6) is 0 Å². The molecule has 19 heavy (non-hydrogen) atoms. The molecule has 1 heterocycles. The SMILES string of the molecule is CN(c1nc(C2CC2)c(CNC(C)(C)C)s1)C1CC1. The number of nitrogens with one attached hydrogen (secondary N) is 1. The monoisotopic (exact) mass is 279 g/mol. The molecule has 2 aliphatic rings. The van der Waals surface area contributed by atoms with Gasteiger partial charge in [-0.05, 0) is 46.5 Å². The van der Waals surface area contributed by atoms with Crippen LogP contribution in [0.15, 0.2) is 0 Å². The van der Waals surface area contributed by atoms with E-state index in [2.05, 4.69) is 38.0 Å². The number of thiazole rings is 1. The lowest BCUT2D eigenvalue weighted by Gasteiger charge is -2.20. The Bertz CT molecular complexity index is 452. The van der Waals surface area contributed by atoms with Crippen molar-refractivity contribution in [2.45, 2.75) is 70.5 Å². The molecule has 0 atom stereocenters. The highest BCUT2D eigenvalue weighted by molar-refractivity contribution is 7.15. The van der Waals surface area contributed by atoms with E-state index in [9.17, 15) is 0 Å². The predicted octanol–water partition coefficient (Wildman–Crippen LogP) is 3.51. The molecule has 0 aliphatic heterocycles. The van der Waals surface area contributed by atoms with Crippen molar-refractivity contribution in [1.29, 1.82) is 0 Å². The Morgan fingerprint density at radius 1 is 1.26 bits per heavy atom. The minimum Gasteiger partial charge on any atom is -0.348 e. The van der Waals surface area contributed by atoms with Gasteiger partial charge in [-0.25, -0.2) is 4.98 Å². The van der Waals surface area contributed by atoms with Crippen molar-refractivity contribution in [3.63, 3.8) is 0 Å². The van der Waals surface area contributed by atoms with Gasteiger partial charge in [0.05, 0.1) is 5.69 Å². The molecule has 0 unspecified atom stereocenters. The molecule has 1 N–H and O–H groups in total. The molecule has 0 aromatic carbocycles. The van der Waals surface area contributed by atoms with E-state index in [4.69, 9.17) is 4.98 Å². The molecule has 3 nitrogen and oxygen atoms in total. The summed E-state index contributed by atoms with van der Waals surface area (Å²) in [7, 11) is 2.20. The third-order valence-corrected chi connectivity index (χ3v) is 5.02. The molecule has 2 fully saturated rings. The summed E-state index contributed by atoms with van der Waals surface area (Å²) in [6.07, 6.45) is 5.34. The highest BCUT2D eigenvalue weighted by Crippen LogP contribution is 2.45. The summed E-state index contributed by atoms with van der Waals surface area (Å²) in [6, 6.07) is 0.752. The first-order valence-corrected chi connectivity index (χ1v) is 8.23. The molecule has 0 saturated heterocycles. The summed E-state index contributed by atoms with van der Waals surface area (Å²) in [5.41, 5.74) is 1.55. The van der Waals surface area contributed by atoms with Crippen LogP contribution < -0.4 is 10.2 Å². The van der Waals surface area contributed by atoms with Crippen molar-refractivity contribution in [2.24, 2.45) is 0 Å². The summed E-state index contributed by atoms with van der Waals surface area (Å²) in [4.78, 5) is 8.78. The quantitative estimate of drug-likeness (QED) is 0.894. The smallest absolute Gasteiger partial charge is 0.185 e. The van der Waals surface area contributed by atoms with Crippen LogP contribution in [0.1, 0.15) is 62.9 Å². The number of anilines is 1. The van der Waals surface area contributed by atoms with Gasteiger partial charge in [0.15, 0.2) is 5.13 Å². The molecule has 0 bridgehead atoms. The van der Waals surface area contributed by atoms with Gasteiger partial charge >= 0.3 is 0 Å². The maximum Gasteiger partial charge on any atom is 0.185 e. The average Bonchev–Trinajstić information content (AvgIpc) is 3.21. The van der Waals surface area contributed by atoms with Crippen LogP contribution in [-0.2, 0) is 6.54 Å². The highest BCUT2D eigenvalue weighted by Gasteiger charge is 2.33. The number of hydrogen-bond donors (Lipinski definition) is 1. The number of nitrogens with zero attached hydrogens (tertiary/aromatic N) is 2. The van der Waals surface area contributed by atoms with E-state index < -0.39 is 0 Å². The largest absolute Gasteiger partial charge is 0.348 e. The topological polar surface area (TPSA) is 28.2 Å². The normalized spacial score (nSPS) is 19.8. The molecule has 0 spiro atoms. The van der Waals surface area contributed by atoms with Crippen LogP contribution in [-0.4, -0.2) is 23.6 Å². The molecular weight excluding hydrogens is 254 g/mol. The van der Waals surface area contributed by atoms with Crippen LogP contribution in [0.25, 0.3) is 0 Å². The Hall–Kier alpha value is -0.610. The van der Waals surface area contributed by atoms with Gasteiger partial charge in [-0.2, -0.15) is 0 Å². The third kappa shape index (κ3) is 3.29. The first-order chi connectivity index (χ1) is 8.94. The fraction of sp³-hybridized carbons (Fsp3) is 0.800. The molecule has 2 aliphatic carbocycles. The summed E-state index contributed by atoms with van der Waals surface area (Å²) < 4.78 is 0. The standard InChI is InChI=1S/C15H25N3S/c1-15(2,3)16-9-12-13(10-5-6-10)17-14(19-12)18(4)11-7-8-11/h10-11,16H,5-9H2,1-4H3. The minimum atomic E-state index is 0.174. The van der Waals surface area contributed by atoms with E-state index in [0.29, 0.717) is 0 Å². The zero-order valence-corrected chi connectivity index (χ0v) is 13.3. The van der Waals surface area contributed by atoms with Crippen molar-refractivity contribution in [3.05, 3.63) is 10.6 Å². The molecular formula is C15H25N3S. The van der Waals surface area contributed by atoms with Crippen LogP contribution in [0.2, 0.25) is 0 Å². The lowest BCUT2D eigenvalue weighted by molar-refractivity contribution is 0.425. The maximum absolute atomic E-state index is 4.94. The second kappa shape index (κ2) is 4.74. The first kappa shape index (κ1) is 13.4. The Morgan fingerprint density at radius 2 is 1.95 bits per heavy atom. The van der Waals surface area contributed by atoms with Gasteiger partial charge < -0.3 is 10.2 Å². The Labute approximate surface area is 120 Å². The molecule has 0 radical (unpaired) electrons. The molecule has 4 heteroatoms. The molecule has 106 valence electrons. The van der Waals surface area contributed by atoms with Gasteiger partial charge in [0.2, 0.25) is 0 Å². The lowest BCUT2D eigenvalue weighted by atomic mass is 10.1. The number of hydrogen-bond acceptors (Lipinski definition) is 4. The Morgan fingerprint density at radius 3 is 2.47 bits per heavy atom. The fourth-order valence-corrected chi connectivity index (χ4v) is 3.39. The van der Waals surface area contributed by atoms with Gasteiger partial charge in [0.1, 0.15) is 0 Å². The van der Waals surface area contributed by atoms with Crippen molar-refractivity contribution in [3.8, 4) is 0 Å². The average molecular weight is 279 g/mol. The van der Waals surface area contributed by atoms with Crippen molar-refractivity contribution < 1.29 is 0 Å². The zero-order valence-electron chi connectivity index (χ0n) is 12.5. The van der Waals surface area contributed by atoms with Crippen LogP contribution in [0.4, 0.5) is 5.13 Å². The summed E-state index contributed by atoms with van der Waals surface area (Å²) in [6.45, 7) is 7.64. The molecule has 2 saturated carbocycles. The number of aromatic nitrogens is 1. The van der Waals surface area contributed by atoms with Crippen LogP contribution in [0, 0.1) is 0 Å². The predicted molar refractivity (Wildman–Crippen MR) is 82.1 cm³/mol. The Balaban J connectivity index is 1.76.